The van der Waals surface area contributed by atoms with Crippen LogP contribution in [0, 0.1) is 13.8 Å². The first kappa shape index (κ1) is 12.6. The zero-order valence-corrected chi connectivity index (χ0v) is 11.2. The summed E-state index contributed by atoms with van der Waals surface area (Å²) in [5.74, 6) is 0.705. The molecule has 0 aliphatic rings. The second-order valence-corrected chi connectivity index (χ2v) is 5.66. The highest BCUT2D eigenvalue weighted by atomic mass is 35.5. The van der Waals surface area contributed by atoms with Gasteiger partial charge in [0.2, 0.25) is 0 Å². The van der Waals surface area contributed by atoms with E-state index in [2.05, 4.69) is 46.8 Å². The summed E-state index contributed by atoms with van der Waals surface area (Å²) in [6.45, 7) is 11.1. The number of hydrogen-bond acceptors (Lipinski definition) is 0. The molecule has 84 valence electrons. The number of rotatable bonds is 2. The molecule has 1 rings (SSSR count). The van der Waals surface area contributed by atoms with Gasteiger partial charge in [0.25, 0.3) is 0 Å². The van der Waals surface area contributed by atoms with Gasteiger partial charge in [-0.05, 0) is 47.9 Å². The van der Waals surface area contributed by atoms with Gasteiger partial charge in [-0.25, -0.2) is 0 Å². The van der Waals surface area contributed by atoms with E-state index in [4.69, 9.17) is 11.6 Å². The van der Waals surface area contributed by atoms with E-state index in [-0.39, 0.29) is 5.41 Å². The van der Waals surface area contributed by atoms with Crippen LogP contribution < -0.4 is 0 Å². The standard InChI is InChI=1S/C14H21Cl/c1-10-8-12(14(3,4)5)9-11(2)13(10)6-7-15/h8-9H,6-7H2,1-5H3. The summed E-state index contributed by atoms with van der Waals surface area (Å²) < 4.78 is 0. The lowest BCUT2D eigenvalue weighted by Crippen LogP contribution is -2.12. The Morgan fingerprint density at radius 2 is 1.53 bits per heavy atom. The van der Waals surface area contributed by atoms with Crippen molar-refractivity contribution in [3.8, 4) is 0 Å². The Balaban J connectivity index is 3.19. The fourth-order valence-corrected chi connectivity index (χ4v) is 2.10. The van der Waals surface area contributed by atoms with Gasteiger partial charge in [0, 0.05) is 5.88 Å². The minimum Gasteiger partial charge on any atom is -0.126 e. The molecule has 0 fully saturated rings. The zero-order valence-electron chi connectivity index (χ0n) is 10.4. The van der Waals surface area contributed by atoms with Crippen molar-refractivity contribution in [3.05, 3.63) is 34.4 Å². The van der Waals surface area contributed by atoms with Crippen molar-refractivity contribution in [3.63, 3.8) is 0 Å². The van der Waals surface area contributed by atoms with Crippen LogP contribution in [0.15, 0.2) is 12.1 Å². The Morgan fingerprint density at radius 1 is 1.07 bits per heavy atom. The van der Waals surface area contributed by atoms with Crippen LogP contribution in [0.25, 0.3) is 0 Å². The van der Waals surface area contributed by atoms with Crippen molar-refractivity contribution < 1.29 is 0 Å². The van der Waals surface area contributed by atoms with Crippen molar-refractivity contribution in [2.75, 3.05) is 5.88 Å². The third-order valence-electron chi connectivity index (χ3n) is 2.91. The first-order valence-electron chi connectivity index (χ1n) is 5.53. The van der Waals surface area contributed by atoms with Crippen molar-refractivity contribution in [2.24, 2.45) is 0 Å². The van der Waals surface area contributed by atoms with Crippen LogP contribution in [0.1, 0.15) is 43.0 Å². The monoisotopic (exact) mass is 224 g/mol. The quantitative estimate of drug-likeness (QED) is 0.654. The maximum absolute atomic E-state index is 5.81. The highest BCUT2D eigenvalue weighted by Gasteiger charge is 2.15. The van der Waals surface area contributed by atoms with Crippen molar-refractivity contribution in [1.82, 2.24) is 0 Å². The van der Waals surface area contributed by atoms with E-state index in [1.165, 1.54) is 22.3 Å². The molecule has 0 amide bonds. The first-order chi connectivity index (χ1) is 6.86. The normalized spacial score (nSPS) is 11.9. The number of hydrogen-bond donors (Lipinski definition) is 0. The molecule has 0 atom stereocenters. The molecular formula is C14H21Cl. The zero-order chi connectivity index (χ0) is 11.6. The van der Waals surface area contributed by atoms with Gasteiger partial charge >= 0.3 is 0 Å². The average molecular weight is 225 g/mol. The van der Waals surface area contributed by atoms with Gasteiger partial charge in [0.15, 0.2) is 0 Å². The van der Waals surface area contributed by atoms with Gasteiger partial charge < -0.3 is 0 Å². The van der Waals surface area contributed by atoms with Crippen LogP contribution in [0.5, 0.6) is 0 Å². The fraction of sp³-hybridized carbons (Fsp3) is 0.571. The molecule has 0 nitrogen and oxygen atoms in total. The molecule has 0 aliphatic carbocycles. The number of halogens is 1. The molecule has 0 radical (unpaired) electrons. The van der Waals surface area contributed by atoms with Crippen LogP contribution in [-0.4, -0.2) is 5.88 Å². The molecule has 1 aromatic carbocycles. The summed E-state index contributed by atoms with van der Waals surface area (Å²) in [5, 5.41) is 0. The Bertz CT molecular complexity index is 322. The molecule has 0 aliphatic heterocycles. The topological polar surface area (TPSA) is 0 Å². The van der Waals surface area contributed by atoms with Crippen molar-refractivity contribution in [2.45, 2.75) is 46.5 Å². The van der Waals surface area contributed by atoms with E-state index in [1.807, 2.05) is 0 Å². The number of benzene rings is 1. The lowest BCUT2D eigenvalue weighted by Gasteiger charge is -2.22. The summed E-state index contributed by atoms with van der Waals surface area (Å²) in [7, 11) is 0. The first-order valence-corrected chi connectivity index (χ1v) is 6.06. The smallest absolute Gasteiger partial charge is 0.0264 e. The number of alkyl halides is 1. The van der Waals surface area contributed by atoms with Gasteiger partial charge in [0.1, 0.15) is 0 Å². The Kier molecular flexibility index (Phi) is 3.83. The minimum atomic E-state index is 0.231. The van der Waals surface area contributed by atoms with Crippen LogP contribution in [-0.2, 0) is 11.8 Å². The van der Waals surface area contributed by atoms with E-state index in [1.54, 1.807) is 0 Å². The molecule has 0 saturated heterocycles. The summed E-state index contributed by atoms with van der Waals surface area (Å²) in [5.41, 5.74) is 5.81. The maximum atomic E-state index is 5.81. The molecule has 0 spiro atoms. The molecule has 15 heavy (non-hydrogen) atoms. The highest BCUT2D eigenvalue weighted by molar-refractivity contribution is 6.18. The lowest BCUT2D eigenvalue weighted by atomic mass is 9.83. The van der Waals surface area contributed by atoms with E-state index < -0.39 is 0 Å². The SMILES string of the molecule is Cc1cc(C(C)(C)C)cc(C)c1CCCl. The third-order valence-corrected chi connectivity index (χ3v) is 3.10. The Labute approximate surface area is 98.7 Å². The predicted molar refractivity (Wildman–Crippen MR) is 69.0 cm³/mol. The van der Waals surface area contributed by atoms with E-state index >= 15 is 0 Å². The largest absolute Gasteiger partial charge is 0.126 e. The molecule has 0 aromatic heterocycles. The van der Waals surface area contributed by atoms with Crippen molar-refractivity contribution >= 4 is 11.6 Å². The molecule has 0 heterocycles. The molecular weight excluding hydrogens is 204 g/mol. The molecule has 0 saturated carbocycles. The summed E-state index contributed by atoms with van der Waals surface area (Å²) in [6, 6.07) is 4.60. The Hall–Kier alpha value is -0.490. The van der Waals surface area contributed by atoms with Gasteiger partial charge in [-0.3, -0.25) is 0 Å². The van der Waals surface area contributed by atoms with Crippen molar-refractivity contribution in [1.29, 1.82) is 0 Å². The maximum Gasteiger partial charge on any atom is 0.0264 e. The summed E-state index contributed by atoms with van der Waals surface area (Å²) in [6.07, 6.45) is 0.976. The minimum absolute atomic E-state index is 0.231. The second kappa shape index (κ2) is 4.57. The Morgan fingerprint density at radius 3 is 1.87 bits per heavy atom. The fourth-order valence-electron chi connectivity index (χ4n) is 1.92. The van der Waals surface area contributed by atoms with E-state index in [9.17, 15) is 0 Å². The van der Waals surface area contributed by atoms with Gasteiger partial charge in [-0.1, -0.05) is 32.9 Å². The van der Waals surface area contributed by atoms with Crippen LogP contribution in [0.2, 0.25) is 0 Å². The molecule has 1 aromatic rings. The van der Waals surface area contributed by atoms with E-state index in [0.29, 0.717) is 5.88 Å². The van der Waals surface area contributed by atoms with E-state index in [0.717, 1.165) is 6.42 Å². The lowest BCUT2D eigenvalue weighted by molar-refractivity contribution is 0.588. The molecule has 1 heteroatoms. The molecule has 0 bridgehead atoms. The second-order valence-electron chi connectivity index (χ2n) is 5.28. The predicted octanol–water partition coefficient (Wildman–Crippen LogP) is 4.38. The summed E-state index contributed by atoms with van der Waals surface area (Å²) >= 11 is 5.81. The van der Waals surface area contributed by atoms with Crippen LogP contribution in [0.4, 0.5) is 0 Å². The molecule has 0 unspecified atom stereocenters. The number of aryl methyl sites for hydroxylation is 2. The van der Waals surface area contributed by atoms with Crippen LogP contribution >= 0.6 is 11.6 Å². The van der Waals surface area contributed by atoms with Gasteiger partial charge in [-0.2, -0.15) is 0 Å². The van der Waals surface area contributed by atoms with Gasteiger partial charge in [0.05, 0.1) is 0 Å². The average Bonchev–Trinajstić information content (AvgIpc) is 2.09. The molecule has 0 N–H and O–H groups in total. The van der Waals surface area contributed by atoms with Crippen LogP contribution in [0.3, 0.4) is 0 Å². The summed E-state index contributed by atoms with van der Waals surface area (Å²) in [4.78, 5) is 0. The highest BCUT2D eigenvalue weighted by Crippen LogP contribution is 2.27. The van der Waals surface area contributed by atoms with Gasteiger partial charge in [-0.15, -0.1) is 11.6 Å². The third kappa shape index (κ3) is 2.98.